The van der Waals surface area contributed by atoms with Gasteiger partial charge in [0.15, 0.2) is 0 Å². The molecule has 0 saturated carbocycles. The fourth-order valence-corrected chi connectivity index (χ4v) is 3.10. The summed E-state index contributed by atoms with van der Waals surface area (Å²) in [6.45, 7) is 5.20. The van der Waals surface area contributed by atoms with E-state index in [0.29, 0.717) is 10.9 Å². The lowest BCUT2D eigenvalue weighted by Gasteiger charge is -2.30. The third-order valence-corrected chi connectivity index (χ3v) is 4.85. The molecule has 0 N–H and O–H groups in total. The monoisotopic (exact) mass is 362 g/mol. The molecule has 1 aliphatic rings. The SMILES string of the molecule is CC(C)c1ccccc1N1CC=Nc2cc(Cl)c(Br)cc21. The molecule has 0 spiro atoms. The lowest BCUT2D eigenvalue weighted by molar-refractivity contribution is 0.859. The van der Waals surface area contributed by atoms with Gasteiger partial charge in [-0.15, -0.1) is 0 Å². The number of aliphatic imine (C=N–C) groups is 1. The van der Waals surface area contributed by atoms with Gasteiger partial charge in [-0.2, -0.15) is 0 Å². The van der Waals surface area contributed by atoms with Crippen molar-refractivity contribution in [2.45, 2.75) is 19.8 Å². The molecule has 0 radical (unpaired) electrons. The highest BCUT2D eigenvalue weighted by atomic mass is 79.9. The fourth-order valence-electron chi connectivity index (χ4n) is 2.61. The summed E-state index contributed by atoms with van der Waals surface area (Å²) >= 11 is 9.69. The zero-order chi connectivity index (χ0) is 15.0. The Kier molecular flexibility index (Phi) is 4.05. The van der Waals surface area contributed by atoms with Gasteiger partial charge in [0.2, 0.25) is 0 Å². The number of hydrogen-bond acceptors (Lipinski definition) is 2. The number of para-hydroxylation sites is 1. The van der Waals surface area contributed by atoms with Gasteiger partial charge in [0, 0.05) is 16.4 Å². The molecule has 0 atom stereocenters. The predicted molar refractivity (Wildman–Crippen MR) is 94.8 cm³/mol. The molecule has 0 aromatic heterocycles. The number of nitrogens with zero attached hydrogens (tertiary/aromatic N) is 2. The summed E-state index contributed by atoms with van der Waals surface area (Å²) in [5, 5.41) is 0.685. The molecule has 0 aliphatic carbocycles. The average Bonchev–Trinajstić information content (AvgIpc) is 2.48. The van der Waals surface area contributed by atoms with Crippen LogP contribution in [0.3, 0.4) is 0 Å². The Morgan fingerprint density at radius 3 is 2.71 bits per heavy atom. The largest absolute Gasteiger partial charge is 0.334 e. The van der Waals surface area contributed by atoms with Crippen molar-refractivity contribution < 1.29 is 0 Å². The van der Waals surface area contributed by atoms with E-state index >= 15 is 0 Å². The number of fused-ring (bicyclic) bond motifs is 1. The van der Waals surface area contributed by atoms with Crippen molar-refractivity contribution in [2.75, 3.05) is 11.4 Å². The van der Waals surface area contributed by atoms with Crippen molar-refractivity contribution in [1.29, 1.82) is 0 Å². The summed E-state index contributed by atoms with van der Waals surface area (Å²) in [5.74, 6) is 0.472. The minimum absolute atomic E-state index is 0.472. The molecule has 21 heavy (non-hydrogen) atoms. The molecule has 0 fully saturated rings. The van der Waals surface area contributed by atoms with Gasteiger partial charge in [0.05, 0.1) is 22.9 Å². The molecule has 0 unspecified atom stereocenters. The van der Waals surface area contributed by atoms with Crippen LogP contribution < -0.4 is 4.90 Å². The van der Waals surface area contributed by atoms with E-state index in [1.165, 1.54) is 11.3 Å². The zero-order valence-corrected chi connectivity index (χ0v) is 14.3. The first-order valence-corrected chi connectivity index (χ1v) is 8.13. The molecule has 3 rings (SSSR count). The van der Waals surface area contributed by atoms with Crippen LogP contribution in [0, 0.1) is 0 Å². The molecular formula is C17H16BrClN2. The molecule has 2 nitrogen and oxygen atoms in total. The molecule has 0 saturated heterocycles. The van der Waals surface area contributed by atoms with E-state index in [9.17, 15) is 0 Å². The Labute approximate surface area is 138 Å². The summed E-state index contributed by atoms with van der Waals surface area (Å²) in [4.78, 5) is 6.76. The van der Waals surface area contributed by atoms with Crippen LogP contribution in [-0.2, 0) is 0 Å². The van der Waals surface area contributed by atoms with Gasteiger partial charge in [0.1, 0.15) is 0 Å². The zero-order valence-electron chi connectivity index (χ0n) is 12.0. The fraction of sp³-hybridized carbons (Fsp3) is 0.235. The van der Waals surface area contributed by atoms with Gasteiger partial charge in [-0.1, -0.05) is 43.6 Å². The first-order chi connectivity index (χ1) is 10.1. The molecule has 108 valence electrons. The van der Waals surface area contributed by atoms with Crippen LogP contribution in [-0.4, -0.2) is 12.8 Å². The minimum atomic E-state index is 0.472. The van der Waals surface area contributed by atoms with Crippen molar-refractivity contribution in [3.63, 3.8) is 0 Å². The van der Waals surface area contributed by atoms with E-state index in [1.54, 1.807) is 0 Å². The van der Waals surface area contributed by atoms with Crippen LogP contribution in [0.25, 0.3) is 0 Å². The molecule has 2 aromatic carbocycles. The van der Waals surface area contributed by atoms with Crippen LogP contribution in [0.5, 0.6) is 0 Å². The van der Waals surface area contributed by atoms with E-state index in [1.807, 2.05) is 18.3 Å². The maximum Gasteiger partial charge on any atom is 0.0879 e. The molecule has 2 aromatic rings. The van der Waals surface area contributed by atoms with Crippen molar-refractivity contribution in [3.05, 3.63) is 51.5 Å². The second-order valence-electron chi connectivity index (χ2n) is 5.39. The van der Waals surface area contributed by atoms with Gasteiger partial charge >= 0.3 is 0 Å². The van der Waals surface area contributed by atoms with Crippen molar-refractivity contribution in [1.82, 2.24) is 0 Å². The summed E-state index contributed by atoms with van der Waals surface area (Å²) in [7, 11) is 0. The maximum absolute atomic E-state index is 6.18. The lowest BCUT2D eigenvalue weighted by Crippen LogP contribution is -2.23. The number of halogens is 2. The maximum atomic E-state index is 6.18. The Bertz CT molecular complexity index is 710. The lowest BCUT2D eigenvalue weighted by atomic mass is 9.99. The first kappa shape index (κ1) is 14.6. The second kappa shape index (κ2) is 5.82. The van der Waals surface area contributed by atoms with Gasteiger partial charge in [-0.25, -0.2) is 0 Å². The molecule has 1 aliphatic heterocycles. The van der Waals surface area contributed by atoms with E-state index in [2.05, 4.69) is 63.9 Å². The number of rotatable bonds is 2. The summed E-state index contributed by atoms with van der Waals surface area (Å²) < 4.78 is 0.895. The topological polar surface area (TPSA) is 15.6 Å². The van der Waals surface area contributed by atoms with Crippen molar-refractivity contribution >= 4 is 50.8 Å². The van der Waals surface area contributed by atoms with Gasteiger partial charge in [-0.05, 0) is 45.6 Å². The predicted octanol–water partition coefficient (Wildman–Crippen LogP) is 6.08. The summed E-state index contributed by atoms with van der Waals surface area (Å²) in [5.41, 5.74) is 4.56. The Hall–Kier alpha value is -1.32. The van der Waals surface area contributed by atoms with Gasteiger partial charge in [0.25, 0.3) is 0 Å². The average molecular weight is 364 g/mol. The first-order valence-electron chi connectivity index (χ1n) is 6.96. The third kappa shape index (κ3) is 2.72. The van der Waals surface area contributed by atoms with Crippen molar-refractivity contribution in [2.24, 2.45) is 4.99 Å². The number of anilines is 2. The van der Waals surface area contributed by atoms with Crippen LogP contribution in [0.15, 0.2) is 45.9 Å². The van der Waals surface area contributed by atoms with E-state index in [4.69, 9.17) is 11.6 Å². The quantitative estimate of drug-likeness (QED) is 0.631. The van der Waals surface area contributed by atoms with Gasteiger partial charge < -0.3 is 4.90 Å². The smallest absolute Gasteiger partial charge is 0.0879 e. The normalized spacial score (nSPS) is 13.7. The van der Waals surface area contributed by atoms with Crippen LogP contribution in [0.1, 0.15) is 25.3 Å². The van der Waals surface area contributed by atoms with E-state index < -0.39 is 0 Å². The van der Waals surface area contributed by atoms with Gasteiger partial charge in [-0.3, -0.25) is 4.99 Å². The standard InChI is InChI=1S/C17H16BrClN2/c1-11(2)12-5-3-4-6-16(12)21-8-7-20-15-10-14(19)13(18)9-17(15)21/h3-7,9-11H,8H2,1-2H3. The Morgan fingerprint density at radius 2 is 1.95 bits per heavy atom. The summed E-state index contributed by atoms with van der Waals surface area (Å²) in [6.07, 6.45) is 1.93. The highest BCUT2D eigenvalue weighted by Gasteiger charge is 2.20. The minimum Gasteiger partial charge on any atom is -0.334 e. The van der Waals surface area contributed by atoms with Crippen molar-refractivity contribution in [3.8, 4) is 0 Å². The Morgan fingerprint density at radius 1 is 1.19 bits per heavy atom. The second-order valence-corrected chi connectivity index (χ2v) is 6.65. The number of hydrogen-bond donors (Lipinski definition) is 0. The molecule has 4 heteroatoms. The molecular weight excluding hydrogens is 348 g/mol. The van der Waals surface area contributed by atoms with Crippen LogP contribution in [0.2, 0.25) is 5.02 Å². The van der Waals surface area contributed by atoms with E-state index in [0.717, 1.165) is 22.4 Å². The Balaban J connectivity index is 2.15. The van der Waals surface area contributed by atoms with Crippen LogP contribution >= 0.6 is 27.5 Å². The molecule has 1 heterocycles. The highest BCUT2D eigenvalue weighted by molar-refractivity contribution is 9.10. The molecule has 0 bridgehead atoms. The van der Waals surface area contributed by atoms with Crippen LogP contribution in [0.4, 0.5) is 17.1 Å². The third-order valence-electron chi connectivity index (χ3n) is 3.65. The number of benzene rings is 2. The molecule has 0 amide bonds. The van der Waals surface area contributed by atoms with E-state index in [-0.39, 0.29) is 0 Å². The summed E-state index contributed by atoms with van der Waals surface area (Å²) in [6, 6.07) is 12.5. The highest BCUT2D eigenvalue weighted by Crippen LogP contribution is 2.42.